The Morgan fingerprint density at radius 3 is 2.64 bits per heavy atom. The van der Waals surface area contributed by atoms with Gasteiger partial charge in [-0.1, -0.05) is 32.9 Å². The zero-order valence-electron chi connectivity index (χ0n) is 14.8. The van der Waals surface area contributed by atoms with Crippen molar-refractivity contribution in [2.75, 3.05) is 13.6 Å². The van der Waals surface area contributed by atoms with Crippen molar-refractivity contribution in [3.05, 3.63) is 42.0 Å². The number of carbonyl (C=O) groups is 1. The number of imidazole rings is 1. The number of hydrogen-bond donors (Lipinski definition) is 1. The van der Waals surface area contributed by atoms with Gasteiger partial charge in [0.15, 0.2) is 5.69 Å². The third-order valence-electron chi connectivity index (χ3n) is 4.05. The molecule has 3 rings (SSSR count). The van der Waals surface area contributed by atoms with Crippen molar-refractivity contribution in [1.82, 2.24) is 19.2 Å². The molecule has 1 aromatic carbocycles. The summed E-state index contributed by atoms with van der Waals surface area (Å²) in [4.78, 5) is 17.0. The van der Waals surface area contributed by atoms with E-state index in [0.29, 0.717) is 17.9 Å². The average Bonchev–Trinajstić information content (AvgIpc) is 2.92. The van der Waals surface area contributed by atoms with E-state index in [-0.39, 0.29) is 28.5 Å². The molecule has 0 radical (unpaired) electrons. The quantitative estimate of drug-likeness (QED) is 0.883. The lowest BCUT2D eigenvalue weighted by molar-refractivity contribution is 0.0933. The SMILES string of the molecule is CN1Cc2c(C(=O)NCC(C)(C)C)ncn2-c2ccccc2S1(=O)=O. The Morgan fingerprint density at radius 1 is 1.28 bits per heavy atom. The summed E-state index contributed by atoms with van der Waals surface area (Å²) in [7, 11) is -2.11. The van der Waals surface area contributed by atoms with Crippen LogP contribution in [0.5, 0.6) is 0 Å². The fourth-order valence-electron chi connectivity index (χ4n) is 2.69. The van der Waals surface area contributed by atoms with Crippen LogP contribution in [0.1, 0.15) is 37.0 Å². The van der Waals surface area contributed by atoms with Crippen molar-refractivity contribution in [2.24, 2.45) is 5.41 Å². The summed E-state index contributed by atoms with van der Waals surface area (Å²) in [5, 5.41) is 2.87. The predicted molar refractivity (Wildman–Crippen MR) is 94.0 cm³/mol. The van der Waals surface area contributed by atoms with Crippen molar-refractivity contribution in [1.29, 1.82) is 0 Å². The van der Waals surface area contributed by atoms with Crippen LogP contribution in [-0.2, 0) is 16.6 Å². The standard InChI is InChI=1S/C17H22N4O3S/c1-17(2,3)10-18-16(22)15-13-9-20(4)25(23,24)14-8-6-5-7-12(14)21(13)11-19-15/h5-8,11H,9-10H2,1-4H3,(H,18,22). The monoisotopic (exact) mass is 362 g/mol. The van der Waals surface area contributed by atoms with Crippen LogP contribution in [0.25, 0.3) is 5.69 Å². The van der Waals surface area contributed by atoms with Gasteiger partial charge in [-0.05, 0) is 17.5 Å². The van der Waals surface area contributed by atoms with Crippen LogP contribution in [0.2, 0.25) is 0 Å². The van der Waals surface area contributed by atoms with E-state index in [1.165, 1.54) is 17.7 Å². The van der Waals surface area contributed by atoms with Crippen molar-refractivity contribution in [3.63, 3.8) is 0 Å². The largest absolute Gasteiger partial charge is 0.350 e. The number of benzene rings is 1. The van der Waals surface area contributed by atoms with Gasteiger partial charge in [0.1, 0.15) is 11.2 Å². The molecule has 1 aliphatic rings. The summed E-state index contributed by atoms with van der Waals surface area (Å²) < 4.78 is 28.4. The van der Waals surface area contributed by atoms with Crippen LogP contribution >= 0.6 is 0 Å². The van der Waals surface area contributed by atoms with Gasteiger partial charge >= 0.3 is 0 Å². The second-order valence-corrected chi connectivity index (χ2v) is 9.40. The molecule has 1 N–H and O–H groups in total. The molecule has 0 spiro atoms. The highest BCUT2D eigenvalue weighted by molar-refractivity contribution is 7.89. The zero-order chi connectivity index (χ0) is 18.4. The van der Waals surface area contributed by atoms with Gasteiger partial charge in [0, 0.05) is 13.6 Å². The van der Waals surface area contributed by atoms with Gasteiger partial charge in [-0.25, -0.2) is 13.4 Å². The number of para-hydroxylation sites is 1. The minimum atomic E-state index is -3.62. The lowest BCUT2D eigenvalue weighted by atomic mass is 9.97. The molecule has 0 saturated carbocycles. The second kappa shape index (κ2) is 5.96. The highest BCUT2D eigenvalue weighted by Crippen LogP contribution is 2.30. The molecule has 0 aliphatic carbocycles. The highest BCUT2D eigenvalue weighted by Gasteiger charge is 2.32. The summed E-state index contributed by atoms with van der Waals surface area (Å²) in [5.41, 5.74) is 1.26. The van der Waals surface area contributed by atoms with Gasteiger partial charge in [-0.15, -0.1) is 0 Å². The number of hydrogen-bond acceptors (Lipinski definition) is 4. The molecule has 0 atom stereocenters. The van der Waals surface area contributed by atoms with Crippen LogP contribution in [0, 0.1) is 5.41 Å². The fraction of sp³-hybridized carbons (Fsp3) is 0.412. The Balaban J connectivity index is 2.07. The van der Waals surface area contributed by atoms with E-state index in [1.807, 2.05) is 20.8 Å². The molecule has 0 fully saturated rings. The number of sulfonamides is 1. The smallest absolute Gasteiger partial charge is 0.271 e. The van der Waals surface area contributed by atoms with Crippen LogP contribution in [0.3, 0.4) is 0 Å². The molecule has 2 heterocycles. The number of fused-ring (bicyclic) bond motifs is 3. The van der Waals surface area contributed by atoms with Gasteiger partial charge in [-0.2, -0.15) is 4.31 Å². The van der Waals surface area contributed by atoms with Gasteiger partial charge in [0.05, 0.1) is 17.9 Å². The third kappa shape index (κ3) is 3.19. The topological polar surface area (TPSA) is 84.3 Å². The third-order valence-corrected chi connectivity index (χ3v) is 5.90. The Morgan fingerprint density at radius 2 is 1.96 bits per heavy atom. The number of carbonyl (C=O) groups excluding carboxylic acids is 1. The average molecular weight is 362 g/mol. The van der Waals surface area contributed by atoms with E-state index in [9.17, 15) is 13.2 Å². The summed E-state index contributed by atoms with van der Waals surface area (Å²) in [6, 6.07) is 6.73. The first-order chi connectivity index (χ1) is 11.6. The van der Waals surface area contributed by atoms with Crippen LogP contribution in [0.4, 0.5) is 0 Å². The van der Waals surface area contributed by atoms with E-state index in [1.54, 1.807) is 28.8 Å². The molecule has 1 amide bonds. The molecular formula is C17H22N4O3S. The number of aromatic nitrogens is 2. The van der Waals surface area contributed by atoms with E-state index < -0.39 is 10.0 Å². The first kappa shape index (κ1) is 17.6. The Labute approximate surface area is 147 Å². The lowest BCUT2D eigenvalue weighted by Gasteiger charge is -2.19. The molecule has 134 valence electrons. The minimum Gasteiger partial charge on any atom is -0.350 e. The lowest BCUT2D eigenvalue weighted by Crippen LogP contribution is -2.33. The Bertz CT molecular complexity index is 926. The Hall–Kier alpha value is -2.19. The van der Waals surface area contributed by atoms with Crippen LogP contribution < -0.4 is 5.32 Å². The molecule has 25 heavy (non-hydrogen) atoms. The van der Waals surface area contributed by atoms with Gasteiger partial charge in [0.25, 0.3) is 5.91 Å². The normalized spacial score (nSPS) is 16.6. The first-order valence-electron chi connectivity index (χ1n) is 8.01. The summed E-state index contributed by atoms with van der Waals surface area (Å²) >= 11 is 0. The number of amides is 1. The number of nitrogens with one attached hydrogen (secondary N) is 1. The fourth-order valence-corrected chi connectivity index (χ4v) is 4.00. The molecule has 1 aromatic heterocycles. The van der Waals surface area contributed by atoms with Crippen molar-refractivity contribution < 1.29 is 13.2 Å². The van der Waals surface area contributed by atoms with Crippen molar-refractivity contribution >= 4 is 15.9 Å². The van der Waals surface area contributed by atoms with Gasteiger partial charge < -0.3 is 5.32 Å². The second-order valence-electron chi connectivity index (χ2n) is 7.38. The number of nitrogens with zero attached hydrogens (tertiary/aromatic N) is 3. The van der Waals surface area contributed by atoms with Crippen LogP contribution in [0.15, 0.2) is 35.5 Å². The predicted octanol–water partition coefficient (Wildman–Crippen LogP) is 1.78. The highest BCUT2D eigenvalue weighted by atomic mass is 32.2. The molecule has 7 nitrogen and oxygen atoms in total. The molecule has 0 saturated heterocycles. The van der Waals surface area contributed by atoms with E-state index in [4.69, 9.17) is 0 Å². The molecule has 8 heteroatoms. The molecule has 2 aromatic rings. The van der Waals surface area contributed by atoms with Crippen molar-refractivity contribution in [3.8, 4) is 5.69 Å². The Kier molecular flexibility index (Phi) is 4.20. The molecular weight excluding hydrogens is 340 g/mol. The zero-order valence-corrected chi connectivity index (χ0v) is 15.6. The van der Waals surface area contributed by atoms with Gasteiger partial charge in [-0.3, -0.25) is 9.36 Å². The van der Waals surface area contributed by atoms with Crippen LogP contribution in [-0.4, -0.2) is 41.8 Å². The van der Waals surface area contributed by atoms with E-state index >= 15 is 0 Å². The first-order valence-corrected chi connectivity index (χ1v) is 9.45. The van der Waals surface area contributed by atoms with E-state index in [0.717, 1.165) is 0 Å². The van der Waals surface area contributed by atoms with Gasteiger partial charge in [0.2, 0.25) is 10.0 Å². The molecule has 0 unspecified atom stereocenters. The maximum absolute atomic E-state index is 12.7. The maximum Gasteiger partial charge on any atom is 0.271 e. The molecule has 0 bridgehead atoms. The summed E-state index contributed by atoms with van der Waals surface area (Å²) in [5.74, 6) is -0.297. The molecule has 1 aliphatic heterocycles. The van der Waals surface area contributed by atoms with E-state index in [2.05, 4.69) is 10.3 Å². The summed E-state index contributed by atoms with van der Waals surface area (Å²) in [6.07, 6.45) is 1.51. The number of rotatable bonds is 2. The van der Waals surface area contributed by atoms with Crippen molar-refractivity contribution in [2.45, 2.75) is 32.2 Å². The maximum atomic E-state index is 12.7. The summed E-state index contributed by atoms with van der Waals surface area (Å²) in [6.45, 7) is 6.66. The minimum absolute atomic E-state index is 0.0565.